The number of rotatable bonds is 7. The number of pyridine rings is 1. The normalized spacial score (nSPS) is 14.7. The van der Waals surface area contributed by atoms with E-state index in [0.717, 1.165) is 32.1 Å². The van der Waals surface area contributed by atoms with Gasteiger partial charge >= 0.3 is 0 Å². The van der Waals surface area contributed by atoms with Gasteiger partial charge in [-0.2, -0.15) is 8.42 Å². The first-order valence-corrected chi connectivity index (χ1v) is 15.8. The van der Waals surface area contributed by atoms with Crippen LogP contribution >= 0.6 is 0 Å². The van der Waals surface area contributed by atoms with Crippen LogP contribution < -0.4 is 10.1 Å². The van der Waals surface area contributed by atoms with Gasteiger partial charge in [0, 0.05) is 30.7 Å². The Kier molecular flexibility index (Phi) is 9.93. The number of imidazole rings is 1. The summed E-state index contributed by atoms with van der Waals surface area (Å²) in [5.74, 6) is 0.843. The Morgan fingerprint density at radius 2 is 1.67 bits per heavy atom. The average molecular weight is 618 g/mol. The fourth-order valence-corrected chi connectivity index (χ4v) is 5.03. The van der Waals surface area contributed by atoms with Gasteiger partial charge in [-0.3, -0.25) is 4.55 Å². The standard InChI is InChI=1S/C28H33F2N7O.CH4O3S/c1-16(2)36-10-8-20(9-11-36)38-21-6-7-25(31-14-21)34-28-32-15-23(30)26(35-28)19-12-22(29)27-24(13-19)37(17(3)4)18(5)33-27;1-5(2,3)4/h6-7,12-17,20H,8-11H2,1-5H3,(H,31,32,34,35);1H3,(H,2,3,4). The average Bonchev–Trinajstić information content (AvgIpc) is 3.27. The number of hydrogen-bond donors (Lipinski definition) is 2. The van der Waals surface area contributed by atoms with E-state index in [-0.39, 0.29) is 29.3 Å². The lowest BCUT2D eigenvalue weighted by atomic mass is 10.1. The Morgan fingerprint density at radius 3 is 2.26 bits per heavy atom. The number of ether oxygens (including phenoxy) is 1. The van der Waals surface area contributed by atoms with Crippen LogP contribution in [0.15, 0.2) is 36.7 Å². The van der Waals surface area contributed by atoms with Crippen molar-refractivity contribution >= 4 is 32.9 Å². The van der Waals surface area contributed by atoms with E-state index in [0.29, 0.717) is 40.8 Å². The summed E-state index contributed by atoms with van der Waals surface area (Å²) in [5.41, 5.74) is 1.14. The summed E-state index contributed by atoms with van der Waals surface area (Å²) in [6.07, 6.45) is 5.57. The Morgan fingerprint density at radius 1 is 1.00 bits per heavy atom. The molecule has 0 bridgehead atoms. The van der Waals surface area contributed by atoms with Crippen LogP contribution in [0.1, 0.15) is 52.4 Å². The van der Waals surface area contributed by atoms with Crippen molar-refractivity contribution in [1.29, 1.82) is 0 Å². The van der Waals surface area contributed by atoms with E-state index in [1.54, 1.807) is 18.3 Å². The van der Waals surface area contributed by atoms with Crippen molar-refractivity contribution in [2.45, 2.75) is 65.6 Å². The molecule has 232 valence electrons. The van der Waals surface area contributed by atoms with Gasteiger partial charge in [-0.1, -0.05) is 0 Å². The Bertz CT molecular complexity index is 1660. The molecule has 1 saturated heterocycles. The number of fused-ring (bicyclic) bond motifs is 1. The molecule has 1 aromatic carbocycles. The van der Waals surface area contributed by atoms with Crippen LogP contribution in [0.5, 0.6) is 5.75 Å². The van der Waals surface area contributed by atoms with Crippen molar-refractivity contribution in [2.75, 3.05) is 24.7 Å². The minimum absolute atomic E-state index is 0.00912. The Labute approximate surface area is 250 Å². The van der Waals surface area contributed by atoms with Crippen LogP contribution in [0, 0.1) is 18.6 Å². The van der Waals surface area contributed by atoms with Crippen molar-refractivity contribution in [1.82, 2.24) is 29.4 Å². The van der Waals surface area contributed by atoms with Gasteiger partial charge in [0.15, 0.2) is 11.6 Å². The second kappa shape index (κ2) is 13.3. The lowest BCUT2D eigenvalue weighted by Crippen LogP contribution is -2.41. The molecule has 1 fully saturated rings. The van der Waals surface area contributed by atoms with Crippen molar-refractivity contribution in [3.05, 3.63) is 54.1 Å². The number of anilines is 2. The van der Waals surface area contributed by atoms with Crippen LogP contribution in [0.2, 0.25) is 0 Å². The molecule has 14 heteroatoms. The molecule has 0 saturated carbocycles. The zero-order valence-corrected chi connectivity index (χ0v) is 25.9. The van der Waals surface area contributed by atoms with E-state index in [1.165, 1.54) is 6.07 Å². The molecule has 4 aromatic rings. The second-order valence-corrected chi connectivity index (χ2v) is 12.5. The summed E-state index contributed by atoms with van der Waals surface area (Å²) in [6, 6.07) is 7.18. The van der Waals surface area contributed by atoms with E-state index in [2.05, 4.69) is 44.0 Å². The number of nitrogens with one attached hydrogen (secondary N) is 1. The van der Waals surface area contributed by atoms with Crippen molar-refractivity contribution in [3.63, 3.8) is 0 Å². The van der Waals surface area contributed by atoms with Crippen molar-refractivity contribution in [2.24, 2.45) is 0 Å². The van der Waals surface area contributed by atoms with Crippen LogP contribution in [0.25, 0.3) is 22.3 Å². The maximum absolute atomic E-state index is 14.9. The maximum atomic E-state index is 14.9. The number of benzene rings is 1. The summed E-state index contributed by atoms with van der Waals surface area (Å²) < 4.78 is 63.6. The van der Waals surface area contributed by atoms with E-state index >= 15 is 0 Å². The predicted molar refractivity (Wildman–Crippen MR) is 161 cm³/mol. The quantitative estimate of drug-likeness (QED) is 0.254. The van der Waals surface area contributed by atoms with Gasteiger partial charge < -0.3 is 19.5 Å². The largest absolute Gasteiger partial charge is 0.489 e. The van der Waals surface area contributed by atoms with Crippen molar-refractivity contribution in [3.8, 4) is 17.0 Å². The molecule has 0 spiro atoms. The highest BCUT2D eigenvalue weighted by Crippen LogP contribution is 2.30. The molecule has 0 aliphatic carbocycles. The molecule has 2 N–H and O–H groups in total. The third-order valence-electron chi connectivity index (χ3n) is 6.94. The third kappa shape index (κ3) is 8.42. The minimum atomic E-state index is -3.67. The first kappa shape index (κ1) is 32.2. The molecule has 43 heavy (non-hydrogen) atoms. The number of likely N-dealkylation sites (tertiary alicyclic amines) is 1. The molecular formula is C29H37F2N7O4S. The van der Waals surface area contributed by atoms with Crippen LogP contribution in [0.4, 0.5) is 20.5 Å². The lowest BCUT2D eigenvalue weighted by Gasteiger charge is -2.34. The van der Waals surface area contributed by atoms with E-state index in [1.807, 2.05) is 31.4 Å². The van der Waals surface area contributed by atoms with Crippen LogP contribution in [-0.2, 0) is 10.1 Å². The molecular weight excluding hydrogens is 580 g/mol. The molecule has 0 unspecified atom stereocenters. The molecule has 0 atom stereocenters. The highest BCUT2D eigenvalue weighted by atomic mass is 32.2. The summed E-state index contributed by atoms with van der Waals surface area (Å²) in [4.78, 5) is 19.6. The Balaban J connectivity index is 0.000000782. The third-order valence-corrected chi connectivity index (χ3v) is 6.94. The number of aromatic nitrogens is 5. The Hall–Kier alpha value is -3.75. The monoisotopic (exact) mass is 617 g/mol. The molecule has 5 rings (SSSR count). The number of piperidine rings is 1. The predicted octanol–water partition coefficient (Wildman–Crippen LogP) is 5.56. The first-order valence-electron chi connectivity index (χ1n) is 14.0. The first-order chi connectivity index (χ1) is 20.2. The molecule has 4 heterocycles. The molecule has 1 aliphatic rings. The minimum Gasteiger partial charge on any atom is -0.489 e. The smallest absolute Gasteiger partial charge is 0.261 e. The van der Waals surface area contributed by atoms with Gasteiger partial charge in [-0.25, -0.2) is 28.7 Å². The summed E-state index contributed by atoms with van der Waals surface area (Å²) in [7, 11) is -3.67. The van der Waals surface area contributed by atoms with Crippen LogP contribution in [0.3, 0.4) is 0 Å². The molecule has 0 radical (unpaired) electrons. The highest BCUT2D eigenvalue weighted by molar-refractivity contribution is 7.85. The molecule has 0 amide bonds. The van der Waals surface area contributed by atoms with Gasteiger partial charge in [0.2, 0.25) is 5.95 Å². The van der Waals surface area contributed by atoms with E-state index in [9.17, 15) is 17.2 Å². The van der Waals surface area contributed by atoms with Gasteiger partial charge in [0.25, 0.3) is 10.1 Å². The molecule has 1 aliphatic heterocycles. The fourth-order valence-electron chi connectivity index (χ4n) is 5.03. The van der Waals surface area contributed by atoms with Gasteiger partial charge in [-0.15, -0.1) is 0 Å². The zero-order valence-electron chi connectivity index (χ0n) is 25.0. The van der Waals surface area contributed by atoms with Gasteiger partial charge in [-0.05, 0) is 71.7 Å². The van der Waals surface area contributed by atoms with Crippen molar-refractivity contribution < 1.29 is 26.5 Å². The fraction of sp³-hybridized carbons (Fsp3) is 0.448. The number of halogens is 2. The highest BCUT2D eigenvalue weighted by Gasteiger charge is 2.22. The lowest BCUT2D eigenvalue weighted by molar-refractivity contribution is 0.0841. The second-order valence-electron chi connectivity index (χ2n) is 11.0. The molecule has 11 nitrogen and oxygen atoms in total. The summed E-state index contributed by atoms with van der Waals surface area (Å²) in [5, 5.41) is 3.00. The summed E-state index contributed by atoms with van der Waals surface area (Å²) in [6.45, 7) is 12.3. The topological polar surface area (TPSA) is 135 Å². The number of nitrogens with zero attached hydrogens (tertiary/aromatic N) is 6. The van der Waals surface area contributed by atoms with Gasteiger partial charge in [0.1, 0.15) is 34.7 Å². The van der Waals surface area contributed by atoms with Gasteiger partial charge in [0.05, 0.1) is 24.2 Å². The SMILES string of the molecule is CS(=O)(=O)O.Cc1nc2c(F)cc(-c3nc(Nc4ccc(OC5CCN(C(C)C)CC5)cn4)ncc3F)cc2n1C(C)C. The maximum Gasteiger partial charge on any atom is 0.261 e. The summed E-state index contributed by atoms with van der Waals surface area (Å²) >= 11 is 0. The zero-order chi connectivity index (χ0) is 31.5. The van der Waals surface area contributed by atoms with E-state index < -0.39 is 21.8 Å². The number of aryl methyl sites for hydroxylation is 1. The molecule has 3 aromatic heterocycles. The van der Waals surface area contributed by atoms with E-state index in [4.69, 9.17) is 9.29 Å². The van der Waals surface area contributed by atoms with Crippen LogP contribution in [-0.4, -0.2) is 73.9 Å². The number of hydrogen-bond acceptors (Lipinski definition) is 9.